The number of fused-ring (bicyclic) bond motifs is 3. The van der Waals surface area contributed by atoms with Crippen LogP contribution >= 0.6 is 0 Å². The molecule has 3 aromatic carbocycles. The molecule has 194 valence electrons. The molecule has 0 aromatic heterocycles. The van der Waals surface area contributed by atoms with Crippen LogP contribution in [0.1, 0.15) is 52.7 Å². The number of hydrogen-bond donors (Lipinski definition) is 1. The van der Waals surface area contributed by atoms with Crippen LogP contribution in [0.4, 0.5) is 0 Å². The third-order valence-corrected chi connectivity index (χ3v) is 6.95. The van der Waals surface area contributed by atoms with E-state index in [1.54, 1.807) is 0 Å². The van der Waals surface area contributed by atoms with E-state index in [9.17, 15) is 9.90 Å². The Morgan fingerprint density at radius 2 is 1.51 bits per heavy atom. The molecule has 0 unspecified atom stereocenters. The number of aliphatic hydroxyl groups excluding tert-OH is 1. The van der Waals surface area contributed by atoms with Gasteiger partial charge in [0.2, 0.25) is 0 Å². The topological polar surface area (TPSA) is 74.2 Å². The molecule has 0 saturated carbocycles. The Bertz CT molecular complexity index is 1150. The fraction of sp³-hybridized carbons (Fsp3) is 0.387. The van der Waals surface area contributed by atoms with Gasteiger partial charge in [0.1, 0.15) is 24.0 Å². The molecule has 0 spiro atoms. The van der Waals surface area contributed by atoms with E-state index in [1.807, 2.05) is 78.9 Å². The van der Waals surface area contributed by atoms with Gasteiger partial charge < -0.3 is 24.1 Å². The second-order valence-corrected chi connectivity index (χ2v) is 9.86. The number of esters is 1. The van der Waals surface area contributed by atoms with Crippen LogP contribution < -0.4 is 4.74 Å². The smallest absolute Gasteiger partial charge is 0.342 e. The van der Waals surface area contributed by atoms with Gasteiger partial charge >= 0.3 is 5.97 Å². The van der Waals surface area contributed by atoms with Gasteiger partial charge in [-0.05, 0) is 42.0 Å². The molecular formula is C31H34O6. The minimum absolute atomic E-state index is 0.167. The molecule has 2 aliphatic heterocycles. The highest BCUT2D eigenvalue weighted by molar-refractivity contribution is 5.94. The molecule has 1 N–H and O–H groups in total. The number of aliphatic hydroxyl groups is 1. The highest BCUT2D eigenvalue weighted by Crippen LogP contribution is 2.33. The third-order valence-electron chi connectivity index (χ3n) is 6.95. The molecule has 2 heterocycles. The Morgan fingerprint density at radius 1 is 0.811 bits per heavy atom. The van der Waals surface area contributed by atoms with E-state index in [2.05, 4.69) is 0 Å². The Morgan fingerprint density at radius 3 is 2.27 bits per heavy atom. The number of hydrogen-bond acceptors (Lipinski definition) is 6. The van der Waals surface area contributed by atoms with E-state index in [0.717, 1.165) is 16.7 Å². The average molecular weight is 503 g/mol. The zero-order valence-electron chi connectivity index (χ0n) is 21.0. The second-order valence-electron chi connectivity index (χ2n) is 9.86. The average Bonchev–Trinajstić information content (AvgIpc) is 2.90. The molecule has 0 radical (unpaired) electrons. The van der Waals surface area contributed by atoms with Crippen LogP contribution in [0.2, 0.25) is 0 Å². The van der Waals surface area contributed by atoms with Crippen molar-refractivity contribution in [3.63, 3.8) is 0 Å². The van der Waals surface area contributed by atoms with Gasteiger partial charge in [0.25, 0.3) is 0 Å². The Hall–Kier alpha value is -3.19. The molecular weight excluding hydrogens is 468 g/mol. The number of carbonyl (C=O) groups is 1. The number of cyclic esters (lactones) is 1. The lowest BCUT2D eigenvalue weighted by Crippen LogP contribution is -2.40. The van der Waals surface area contributed by atoms with Crippen molar-refractivity contribution in [2.45, 2.75) is 69.7 Å². The van der Waals surface area contributed by atoms with E-state index >= 15 is 0 Å². The summed E-state index contributed by atoms with van der Waals surface area (Å²) >= 11 is 0. The molecule has 5 rings (SSSR count). The SMILES string of the molecule is O=C1O[C@@H](CCOCc2ccccc2)C[C@H]2C[C@H](O)C[C@H](Cc3cccc(OCc4ccccc4)c31)O2. The lowest BCUT2D eigenvalue weighted by molar-refractivity contribution is -0.111. The molecule has 1 fully saturated rings. The summed E-state index contributed by atoms with van der Waals surface area (Å²) in [6.07, 6.45) is 1.51. The van der Waals surface area contributed by atoms with E-state index < -0.39 is 12.2 Å². The zero-order valence-corrected chi connectivity index (χ0v) is 21.0. The maximum atomic E-state index is 13.6. The zero-order chi connectivity index (χ0) is 25.5. The minimum Gasteiger partial charge on any atom is -0.488 e. The van der Waals surface area contributed by atoms with Crippen molar-refractivity contribution < 1.29 is 28.8 Å². The van der Waals surface area contributed by atoms with E-state index in [1.165, 1.54) is 0 Å². The van der Waals surface area contributed by atoms with E-state index in [0.29, 0.717) is 63.2 Å². The van der Waals surface area contributed by atoms with Crippen LogP contribution in [0.25, 0.3) is 0 Å². The van der Waals surface area contributed by atoms with E-state index in [-0.39, 0.29) is 18.2 Å². The number of benzene rings is 3. The predicted molar refractivity (Wildman–Crippen MR) is 139 cm³/mol. The van der Waals surface area contributed by atoms with Gasteiger partial charge in [-0.1, -0.05) is 72.8 Å². The number of carbonyl (C=O) groups excluding carboxylic acids is 1. The van der Waals surface area contributed by atoms with Gasteiger partial charge in [-0.3, -0.25) is 0 Å². The Kier molecular flexibility index (Phi) is 8.51. The Balaban J connectivity index is 1.33. The first-order valence-electron chi connectivity index (χ1n) is 13.1. The fourth-order valence-electron chi connectivity index (χ4n) is 5.16. The van der Waals surface area contributed by atoms with Gasteiger partial charge in [-0.25, -0.2) is 4.79 Å². The highest BCUT2D eigenvalue weighted by Gasteiger charge is 2.34. The normalized spacial score (nSPS) is 23.5. The molecule has 2 aliphatic rings. The maximum absolute atomic E-state index is 13.6. The lowest BCUT2D eigenvalue weighted by Gasteiger charge is -2.36. The summed E-state index contributed by atoms with van der Waals surface area (Å²) in [6, 6.07) is 25.5. The largest absolute Gasteiger partial charge is 0.488 e. The van der Waals surface area contributed by atoms with Crippen LogP contribution in [-0.4, -0.2) is 42.1 Å². The van der Waals surface area contributed by atoms with Crippen LogP contribution in [0.5, 0.6) is 5.75 Å². The first kappa shape index (κ1) is 25.5. The van der Waals surface area contributed by atoms with Gasteiger partial charge in [0, 0.05) is 12.8 Å². The molecule has 3 aromatic rings. The van der Waals surface area contributed by atoms with Crippen LogP contribution in [0.3, 0.4) is 0 Å². The van der Waals surface area contributed by atoms with Gasteiger partial charge in [0.15, 0.2) is 0 Å². The molecule has 0 aliphatic carbocycles. The molecule has 1 saturated heterocycles. The summed E-state index contributed by atoms with van der Waals surface area (Å²) in [6.45, 7) is 1.30. The first-order chi connectivity index (χ1) is 18.1. The van der Waals surface area contributed by atoms with Gasteiger partial charge in [-0.15, -0.1) is 0 Å². The summed E-state index contributed by atoms with van der Waals surface area (Å²) < 4.78 is 24.4. The molecule has 0 amide bonds. The molecule has 2 bridgehead atoms. The minimum atomic E-state index is -0.435. The van der Waals surface area contributed by atoms with Crippen molar-refractivity contribution in [3.8, 4) is 5.75 Å². The van der Waals surface area contributed by atoms with E-state index in [4.69, 9.17) is 18.9 Å². The fourth-order valence-corrected chi connectivity index (χ4v) is 5.16. The van der Waals surface area contributed by atoms with Crippen molar-refractivity contribution in [1.82, 2.24) is 0 Å². The summed E-state index contributed by atoms with van der Waals surface area (Å²) in [5, 5.41) is 10.5. The first-order valence-corrected chi connectivity index (χ1v) is 13.1. The molecule has 6 heteroatoms. The number of ether oxygens (including phenoxy) is 4. The Labute approximate surface area is 218 Å². The van der Waals surface area contributed by atoms with Crippen molar-refractivity contribution in [3.05, 3.63) is 101 Å². The molecule has 37 heavy (non-hydrogen) atoms. The van der Waals surface area contributed by atoms with Crippen molar-refractivity contribution in [1.29, 1.82) is 0 Å². The predicted octanol–water partition coefficient (Wildman–Crippen LogP) is 5.25. The summed E-state index contributed by atoms with van der Waals surface area (Å²) in [4.78, 5) is 13.6. The van der Waals surface area contributed by atoms with Crippen molar-refractivity contribution >= 4 is 5.97 Å². The second kappa shape index (κ2) is 12.4. The lowest BCUT2D eigenvalue weighted by atomic mass is 9.91. The standard InChI is InChI=1S/C31H34O6/c32-25-17-27-16-24-12-7-13-29(35-21-23-10-5-2-6-11-23)30(24)31(33)37-26(19-28(18-25)36-27)14-15-34-20-22-8-3-1-4-9-22/h1-13,25-28,32H,14-21H2/t25-,26+,27+,28-/m1/s1. The maximum Gasteiger partial charge on any atom is 0.342 e. The summed E-state index contributed by atoms with van der Waals surface area (Å²) in [5.74, 6) is 0.117. The third kappa shape index (κ3) is 6.98. The summed E-state index contributed by atoms with van der Waals surface area (Å²) in [5.41, 5.74) is 3.37. The molecule has 4 atom stereocenters. The highest BCUT2D eigenvalue weighted by atomic mass is 16.6. The van der Waals surface area contributed by atoms with Crippen LogP contribution in [0, 0.1) is 0 Å². The van der Waals surface area contributed by atoms with Crippen LogP contribution in [-0.2, 0) is 33.8 Å². The molecule has 6 nitrogen and oxygen atoms in total. The van der Waals surface area contributed by atoms with Crippen molar-refractivity contribution in [2.24, 2.45) is 0 Å². The summed E-state index contributed by atoms with van der Waals surface area (Å²) in [7, 11) is 0. The van der Waals surface area contributed by atoms with Crippen molar-refractivity contribution in [2.75, 3.05) is 6.61 Å². The monoisotopic (exact) mass is 502 g/mol. The van der Waals surface area contributed by atoms with Crippen LogP contribution in [0.15, 0.2) is 78.9 Å². The van der Waals surface area contributed by atoms with Gasteiger partial charge in [-0.2, -0.15) is 0 Å². The number of rotatable bonds is 8. The van der Waals surface area contributed by atoms with Gasteiger partial charge in [0.05, 0.1) is 31.5 Å². The quantitative estimate of drug-likeness (QED) is 0.335.